The molecule has 35 heavy (non-hydrogen) atoms. The zero-order valence-electron chi connectivity index (χ0n) is 18.2. The van der Waals surface area contributed by atoms with Crippen LogP contribution in [0.5, 0.6) is 0 Å². The van der Waals surface area contributed by atoms with E-state index in [9.17, 15) is 22.7 Å². The largest absolute Gasteiger partial charge is 0.390 e. The van der Waals surface area contributed by atoms with Gasteiger partial charge in [-0.3, -0.25) is 13.7 Å². The predicted molar refractivity (Wildman–Crippen MR) is 131 cm³/mol. The second kappa shape index (κ2) is 10.6. The summed E-state index contributed by atoms with van der Waals surface area (Å²) in [5, 5.41) is 22.2. The number of alkyl halides is 1. The van der Waals surface area contributed by atoms with Crippen LogP contribution in [-0.2, 0) is 21.0 Å². The van der Waals surface area contributed by atoms with Crippen molar-refractivity contribution in [3.8, 4) is 0 Å². The SMILES string of the molecule is NS(=O)(=O)OC[C@H]1C[C@@H](Nc2ncncc2C(=O)c2ccn(Cc3cccc(I)c3)n2)[C@@H](F)[C@@H]1O. The average Bonchev–Trinajstić information content (AvgIpc) is 3.37. The smallest absolute Gasteiger partial charge is 0.333 e. The van der Waals surface area contributed by atoms with Crippen LogP contribution in [0.15, 0.2) is 49.1 Å². The fraction of sp³-hybridized carbons (Fsp3) is 0.333. The first-order valence-corrected chi connectivity index (χ1v) is 13.0. The van der Waals surface area contributed by atoms with E-state index in [0.29, 0.717) is 6.54 Å². The molecule has 0 radical (unpaired) electrons. The first-order chi connectivity index (χ1) is 16.6. The van der Waals surface area contributed by atoms with Crippen molar-refractivity contribution < 1.29 is 26.9 Å². The highest BCUT2D eigenvalue weighted by Gasteiger charge is 2.44. The molecule has 0 bridgehead atoms. The zero-order chi connectivity index (χ0) is 25.2. The summed E-state index contributed by atoms with van der Waals surface area (Å²) in [5.74, 6) is -1.21. The minimum absolute atomic E-state index is 0.0278. The summed E-state index contributed by atoms with van der Waals surface area (Å²) in [6.45, 7) is 0.0120. The van der Waals surface area contributed by atoms with Gasteiger partial charge in [0.25, 0.3) is 0 Å². The third-order valence-corrected chi connectivity index (χ3v) is 6.72. The van der Waals surface area contributed by atoms with E-state index in [2.05, 4.69) is 47.2 Å². The van der Waals surface area contributed by atoms with Gasteiger partial charge in [-0.1, -0.05) is 12.1 Å². The van der Waals surface area contributed by atoms with Crippen molar-refractivity contribution in [3.05, 3.63) is 69.4 Å². The molecule has 2 aromatic heterocycles. The number of nitrogens with two attached hydrogens (primary N) is 1. The Labute approximate surface area is 214 Å². The molecule has 1 aliphatic rings. The number of benzene rings is 1. The third kappa shape index (κ3) is 6.38. The Hall–Kier alpha value is -2.53. The van der Waals surface area contributed by atoms with Gasteiger partial charge in [-0.2, -0.15) is 13.5 Å². The van der Waals surface area contributed by atoms with Crippen molar-refractivity contribution >= 4 is 44.5 Å². The van der Waals surface area contributed by atoms with E-state index >= 15 is 0 Å². The van der Waals surface area contributed by atoms with Crippen LogP contribution in [0.4, 0.5) is 10.2 Å². The van der Waals surface area contributed by atoms with Gasteiger partial charge in [0.1, 0.15) is 24.0 Å². The summed E-state index contributed by atoms with van der Waals surface area (Å²) < 4.78 is 44.0. The van der Waals surface area contributed by atoms with Gasteiger partial charge in [-0.05, 0) is 52.8 Å². The van der Waals surface area contributed by atoms with E-state index in [1.54, 1.807) is 16.9 Å². The van der Waals surface area contributed by atoms with Gasteiger partial charge in [0.05, 0.1) is 30.9 Å². The Bertz CT molecular complexity index is 1320. The number of aliphatic hydroxyl groups is 1. The maximum absolute atomic E-state index is 14.7. The van der Waals surface area contributed by atoms with Crippen LogP contribution in [0.3, 0.4) is 0 Å². The van der Waals surface area contributed by atoms with Gasteiger partial charge < -0.3 is 10.4 Å². The van der Waals surface area contributed by atoms with Crippen LogP contribution < -0.4 is 10.5 Å². The van der Waals surface area contributed by atoms with Crippen molar-refractivity contribution in [1.29, 1.82) is 0 Å². The quantitative estimate of drug-likeness (QED) is 0.238. The Kier molecular flexibility index (Phi) is 7.75. The number of anilines is 1. The minimum atomic E-state index is -4.23. The summed E-state index contributed by atoms with van der Waals surface area (Å²) in [7, 11) is -4.23. The molecule has 1 aromatic carbocycles. The maximum Gasteiger partial charge on any atom is 0.333 e. The first kappa shape index (κ1) is 25.6. The van der Waals surface area contributed by atoms with Crippen molar-refractivity contribution in [2.45, 2.75) is 31.3 Å². The monoisotopic (exact) mass is 616 g/mol. The number of halogens is 2. The Morgan fingerprint density at radius 3 is 2.91 bits per heavy atom. The van der Waals surface area contributed by atoms with Crippen LogP contribution in [0, 0.1) is 9.49 Å². The fourth-order valence-corrected chi connectivity index (χ4v) is 4.87. The predicted octanol–water partition coefficient (Wildman–Crippen LogP) is 1.28. The second-order valence-electron chi connectivity index (χ2n) is 8.10. The summed E-state index contributed by atoms with van der Waals surface area (Å²) in [6, 6.07) is 8.52. The molecule has 1 aliphatic carbocycles. The molecule has 4 rings (SSSR count). The topological polar surface area (TPSA) is 162 Å². The van der Waals surface area contributed by atoms with Crippen molar-refractivity contribution in [1.82, 2.24) is 19.7 Å². The van der Waals surface area contributed by atoms with E-state index in [4.69, 9.17) is 5.14 Å². The molecule has 0 aliphatic heterocycles. The van der Waals surface area contributed by atoms with E-state index in [1.807, 2.05) is 24.3 Å². The second-order valence-corrected chi connectivity index (χ2v) is 10.6. The lowest BCUT2D eigenvalue weighted by atomic mass is 10.1. The molecule has 0 amide bonds. The van der Waals surface area contributed by atoms with Crippen molar-refractivity contribution in [3.63, 3.8) is 0 Å². The lowest BCUT2D eigenvalue weighted by molar-refractivity contribution is 0.0501. The van der Waals surface area contributed by atoms with Crippen molar-refractivity contribution in [2.75, 3.05) is 11.9 Å². The molecule has 0 unspecified atom stereocenters. The van der Waals surface area contributed by atoms with Gasteiger partial charge in [0.2, 0.25) is 5.78 Å². The molecule has 14 heteroatoms. The molecular formula is C21H22FIN6O5S. The summed E-state index contributed by atoms with van der Waals surface area (Å²) in [5.41, 5.74) is 1.27. The highest BCUT2D eigenvalue weighted by Crippen LogP contribution is 2.32. The lowest BCUT2D eigenvalue weighted by Gasteiger charge is -2.18. The highest BCUT2D eigenvalue weighted by atomic mass is 127. The number of carbonyl (C=O) groups is 1. The van der Waals surface area contributed by atoms with Crippen molar-refractivity contribution in [2.24, 2.45) is 11.1 Å². The third-order valence-electron chi connectivity index (χ3n) is 5.58. The molecule has 0 spiro atoms. The van der Waals surface area contributed by atoms with E-state index in [-0.39, 0.29) is 23.5 Å². The Balaban J connectivity index is 1.47. The molecule has 4 atom stereocenters. The summed E-state index contributed by atoms with van der Waals surface area (Å²) in [4.78, 5) is 21.1. The van der Waals surface area contributed by atoms with Crippen LogP contribution in [-0.4, -0.2) is 64.0 Å². The van der Waals surface area contributed by atoms with Gasteiger partial charge >= 0.3 is 10.3 Å². The molecule has 0 saturated heterocycles. The van der Waals surface area contributed by atoms with Crippen LogP contribution >= 0.6 is 22.6 Å². The van der Waals surface area contributed by atoms with Gasteiger partial charge in [-0.25, -0.2) is 19.5 Å². The number of nitrogens with zero attached hydrogens (tertiary/aromatic N) is 4. The number of aliphatic hydroxyl groups excluding tert-OH is 1. The fourth-order valence-electron chi connectivity index (χ4n) is 3.90. The number of nitrogens with one attached hydrogen (secondary N) is 1. The van der Waals surface area contributed by atoms with Crippen LogP contribution in [0.25, 0.3) is 0 Å². The normalized spacial score (nSPS) is 22.3. The molecular weight excluding hydrogens is 594 g/mol. The Morgan fingerprint density at radius 2 is 2.17 bits per heavy atom. The van der Waals surface area contributed by atoms with Crippen LogP contribution in [0.2, 0.25) is 0 Å². The first-order valence-electron chi connectivity index (χ1n) is 10.5. The maximum atomic E-state index is 14.7. The standard InChI is InChI=1S/C21H22FIN6O5S/c22-18-17(7-13(19(18)30)10-34-35(24,32)33)27-21-15(8-25-11-26-21)20(31)16-4-5-29(28-16)9-12-2-1-3-14(23)6-12/h1-6,8,11,13,17-19,30H,7,9-10H2,(H2,24,32,33)(H,25,26,27)/t13-,17-,18-,19-/m1/s1. The van der Waals surface area contributed by atoms with E-state index in [0.717, 1.165) is 9.13 Å². The van der Waals surface area contributed by atoms with Gasteiger partial charge in [0, 0.05) is 21.9 Å². The molecule has 1 saturated carbocycles. The number of rotatable bonds is 9. The molecule has 1 fully saturated rings. The highest BCUT2D eigenvalue weighted by molar-refractivity contribution is 14.1. The van der Waals surface area contributed by atoms with E-state index < -0.39 is 46.9 Å². The molecule has 4 N–H and O–H groups in total. The number of carbonyl (C=O) groups excluding carboxylic acids is 1. The average molecular weight is 616 g/mol. The number of hydrogen-bond donors (Lipinski definition) is 3. The lowest BCUT2D eigenvalue weighted by Crippen LogP contribution is -2.33. The molecule has 11 nitrogen and oxygen atoms in total. The minimum Gasteiger partial charge on any atom is -0.390 e. The van der Waals surface area contributed by atoms with Gasteiger partial charge in [0.15, 0.2) is 0 Å². The molecule has 3 aromatic rings. The Morgan fingerprint density at radius 1 is 1.37 bits per heavy atom. The number of hydrogen-bond acceptors (Lipinski definition) is 9. The number of ketones is 1. The summed E-state index contributed by atoms with van der Waals surface area (Å²) in [6.07, 6.45) is 0.984. The number of aromatic nitrogens is 4. The summed E-state index contributed by atoms with van der Waals surface area (Å²) >= 11 is 2.22. The molecule has 186 valence electrons. The zero-order valence-corrected chi connectivity index (χ0v) is 21.1. The molecule has 2 heterocycles. The van der Waals surface area contributed by atoms with Crippen LogP contribution in [0.1, 0.15) is 28.0 Å². The van der Waals surface area contributed by atoms with E-state index in [1.165, 1.54) is 12.5 Å². The van der Waals surface area contributed by atoms with Gasteiger partial charge in [-0.15, -0.1) is 0 Å².